The van der Waals surface area contributed by atoms with Gasteiger partial charge in [0, 0.05) is 21.7 Å². The van der Waals surface area contributed by atoms with Crippen LogP contribution in [0, 0.1) is 0 Å². The van der Waals surface area contributed by atoms with Gasteiger partial charge in [-0.1, -0.05) is 0 Å². The second-order valence-corrected chi connectivity index (χ2v) is 5.69. The molecule has 0 aromatic carbocycles. The van der Waals surface area contributed by atoms with Gasteiger partial charge in [0.25, 0.3) is 0 Å². The number of halogens is 2. The maximum absolute atomic E-state index is 4.34. The van der Waals surface area contributed by atoms with E-state index >= 15 is 0 Å². The summed E-state index contributed by atoms with van der Waals surface area (Å²) in [6, 6.07) is 2.02. The third kappa shape index (κ3) is 5.39. The van der Waals surface area contributed by atoms with Crippen LogP contribution in [0.3, 0.4) is 0 Å². The summed E-state index contributed by atoms with van der Waals surface area (Å²) in [5.41, 5.74) is 1.05. The first-order chi connectivity index (χ1) is 7.59. The molecule has 16 heavy (non-hydrogen) atoms. The van der Waals surface area contributed by atoms with Crippen LogP contribution in [0.4, 0.5) is 0 Å². The predicted molar refractivity (Wildman–Crippen MR) is 74.5 cm³/mol. The van der Waals surface area contributed by atoms with E-state index in [1.165, 1.54) is 0 Å². The van der Waals surface area contributed by atoms with Crippen LogP contribution in [-0.2, 0) is 6.54 Å². The van der Waals surface area contributed by atoms with Gasteiger partial charge in [-0.15, -0.1) is 0 Å². The van der Waals surface area contributed by atoms with E-state index in [4.69, 9.17) is 0 Å². The first-order valence-electron chi connectivity index (χ1n) is 5.25. The molecule has 5 heteroatoms. The summed E-state index contributed by atoms with van der Waals surface area (Å²) in [6.45, 7) is 2.94. The third-order valence-electron chi connectivity index (χ3n) is 2.14. The fraction of sp³-hybridized carbons (Fsp3) is 0.545. The van der Waals surface area contributed by atoms with Crippen molar-refractivity contribution in [2.24, 2.45) is 0 Å². The summed E-state index contributed by atoms with van der Waals surface area (Å²) >= 11 is 6.89. The summed E-state index contributed by atoms with van der Waals surface area (Å²) in [4.78, 5) is 6.53. The standard InChI is InChI=1S/C11H17Br2N3/c1-16(2)5-3-4-14-8-11-10(13)6-9(12)7-15-11/h6-7,14H,3-5,8H2,1-2H3. The van der Waals surface area contributed by atoms with E-state index in [2.05, 4.69) is 61.2 Å². The molecule has 0 aliphatic rings. The Balaban J connectivity index is 2.27. The lowest BCUT2D eigenvalue weighted by Gasteiger charge is -2.10. The molecule has 0 spiro atoms. The largest absolute Gasteiger partial charge is 0.311 e. The SMILES string of the molecule is CN(C)CCCNCc1ncc(Br)cc1Br. The van der Waals surface area contributed by atoms with Crippen molar-refractivity contribution in [2.45, 2.75) is 13.0 Å². The average Bonchev–Trinajstić information content (AvgIpc) is 2.20. The first-order valence-corrected chi connectivity index (χ1v) is 6.83. The second-order valence-electron chi connectivity index (χ2n) is 3.92. The molecule has 0 unspecified atom stereocenters. The highest BCUT2D eigenvalue weighted by molar-refractivity contribution is 9.11. The van der Waals surface area contributed by atoms with Gasteiger partial charge in [0.2, 0.25) is 0 Å². The summed E-state index contributed by atoms with van der Waals surface area (Å²) in [6.07, 6.45) is 2.97. The monoisotopic (exact) mass is 349 g/mol. The zero-order valence-electron chi connectivity index (χ0n) is 9.63. The molecule has 0 bridgehead atoms. The lowest BCUT2D eigenvalue weighted by atomic mass is 10.3. The fourth-order valence-corrected chi connectivity index (χ4v) is 2.43. The van der Waals surface area contributed by atoms with Gasteiger partial charge in [-0.25, -0.2) is 0 Å². The van der Waals surface area contributed by atoms with Gasteiger partial charge in [-0.05, 0) is 71.5 Å². The van der Waals surface area contributed by atoms with E-state index in [0.717, 1.165) is 40.7 Å². The molecule has 90 valence electrons. The lowest BCUT2D eigenvalue weighted by Crippen LogP contribution is -2.21. The summed E-state index contributed by atoms with van der Waals surface area (Å²) in [5, 5.41) is 3.38. The minimum absolute atomic E-state index is 0.807. The Bertz CT molecular complexity index is 329. The van der Waals surface area contributed by atoms with E-state index in [-0.39, 0.29) is 0 Å². The molecule has 0 fully saturated rings. The maximum atomic E-state index is 4.34. The normalized spacial score (nSPS) is 11.1. The summed E-state index contributed by atoms with van der Waals surface area (Å²) < 4.78 is 2.04. The molecule has 1 rings (SSSR count). The molecule has 0 saturated carbocycles. The number of hydrogen-bond acceptors (Lipinski definition) is 3. The molecule has 0 aliphatic carbocycles. The van der Waals surface area contributed by atoms with Crippen LogP contribution in [0.15, 0.2) is 21.2 Å². The van der Waals surface area contributed by atoms with Crippen molar-refractivity contribution in [3.05, 3.63) is 26.9 Å². The van der Waals surface area contributed by atoms with Crippen LogP contribution < -0.4 is 5.32 Å². The average molecular weight is 351 g/mol. The van der Waals surface area contributed by atoms with Crippen molar-refractivity contribution in [1.29, 1.82) is 0 Å². The molecular weight excluding hydrogens is 334 g/mol. The van der Waals surface area contributed by atoms with Crippen molar-refractivity contribution < 1.29 is 0 Å². The smallest absolute Gasteiger partial charge is 0.0684 e. The van der Waals surface area contributed by atoms with Gasteiger partial charge in [0.15, 0.2) is 0 Å². The van der Waals surface area contributed by atoms with Gasteiger partial charge >= 0.3 is 0 Å². The van der Waals surface area contributed by atoms with Crippen LogP contribution in [0.1, 0.15) is 12.1 Å². The first kappa shape index (κ1) is 14.1. The van der Waals surface area contributed by atoms with Crippen LogP contribution in [0.5, 0.6) is 0 Å². The minimum Gasteiger partial charge on any atom is -0.311 e. The van der Waals surface area contributed by atoms with Gasteiger partial charge in [0.1, 0.15) is 0 Å². The molecule has 1 aromatic rings. The van der Waals surface area contributed by atoms with Gasteiger partial charge in [0.05, 0.1) is 5.69 Å². The molecule has 0 aliphatic heterocycles. The maximum Gasteiger partial charge on any atom is 0.0684 e. The van der Waals surface area contributed by atoms with Crippen LogP contribution in [0.25, 0.3) is 0 Å². The van der Waals surface area contributed by atoms with E-state index in [1.54, 1.807) is 0 Å². The third-order valence-corrected chi connectivity index (χ3v) is 3.26. The molecule has 0 saturated heterocycles. The summed E-state index contributed by atoms with van der Waals surface area (Å²) in [5.74, 6) is 0. The second kappa shape index (κ2) is 7.37. The molecule has 1 heterocycles. The highest BCUT2D eigenvalue weighted by Crippen LogP contribution is 2.19. The van der Waals surface area contributed by atoms with E-state index in [1.807, 2.05) is 12.3 Å². The van der Waals surface area contributed by atoms with Gasteiger partial charge in [-0.3, -0.25) is 4.98 Å². The van der Waals surface area contributed by atoms with Crippen molar-refractivity contribution >= 4 is 31.9 Å². The van der Waals surface area contributed by atoms with Crippen LogP contribution in [-0.4, -0.2) is 37.1 Å². The van der Waals surface area contributed by atoms with Crippen molar-refractivity contribution in [1.82, 2.24) is 15.2 Å². The molecular formula is C11H17Br2N3. The number of aromatic nitrogens is 1. The predicted octanol–water partition coefficient (Wildman–Crippen LogP) is 2.65. The molecule has 0 amide bonds. The van der Waals surface area contributed by atoms with E-state index in [9.17, 15) is 0 Å². The number of nitrogens with one attached hydrogen (secondary N) is 1. The molecule has 0 atom stereocenters. The Morgan fingerprint density at radius 2 is 2.12 bits per heavy atom. The summed E-state index contributed by atoms with van der Waals surface area (Å²) in [7, 11) is 4.18. The van der Waals surface area contributed by atoms with Gasteiger partial charge in [-0.2, -0.15) is 0 Å². The van der Waals surface area contributed by atoms with E-state index < -0.39 is 0 Å². The topological polar surface area (TPSA) is 28.2 Å². The van der Waals surface area contributed by atoms with Crippen molar-refractivity contribution in [2.75, 3.05) is 27.2 Å². The zero-order chi connectivity index (χ0) is 12.0. The number of nitrogens with zero attached hydrogens (tertiary/aromatic N) is 2. The zero-order valence-corrected chi connectivity index (χ0v) is 12.8. The Morgan fingerprint density at radius 1 is 1.38 bits per heavy atom. The number of hydrogen-bond donors (Lipinski definition) is 1. The Hall–Kier alpha value is 0.0300. The van der Waals surface area contributed by atoms with Crippen molar-refractivity contribution in [3.8, 4) is 0 Å². The molecule has 3 nitrogen and oxygen atoms in total. The van der Waals surface area contributed by atoms with Crippen LogP contribution in [0.2, 0.25) is 0 Å². The van der Waals surface area contributed by atoms with Gasteiger partial charge < -0.3 is 10.2 Å². The highest BCUT2D eigenvalue weighted by atomic mass is 79.9. The Kier molecular flexibility index (Phi) is 6.49. The lowest BCUT2D eigenvalue weighted by molar-refractivity contribution is 0.394. The molecule has 1 aromatic heterocycles. The number of rotatable bonds is 6. The number of pyridine rings is 1. The molecule has 1 N–H and O–H groups in total. The fourth-order valence-electron chi connectivity index (χ4n) is 1.30. The Morgan fingerprint density at radius 3 is 2.75 bits per heavy atom. The highest BCUT2D eigenvalue weighted by Gasteiger charge is 2.01. The van der Waals surface area contributed by atoms with E-state index in [0.29, 0.717) is 0 Å². The van der Waals surface area contributed by atoms with Crippen molar-refractivity contribution in [3.63, 3.8) is 0 Å². The minimum atomic E-state index is 0.807. The van der Waals surface area contributed by atoms with Crippen LogP contribution >= 0.6 is 31.9 Å². The quantitative estimate of drug-likeness (QED) is 0.799. The molecule has 0 radical (unpaired) electrons. The Labute approximate surface area is 114 Å².